The number of carbonyl (C=O) groups is 1. The third-order valence-corrected chi connectivity index (χ3v) is 3.62. The molecule has 0 radical (unpaired) electrons. The van der Waals surface area contributed by atoms with Crippen molar-refractivity contribution < 1.29 is 9.90 Å². The molecule has 1 rings (SSSR count). The summed E-state index contributed by atoms with van der Waals surface area (Å²) in [6.45, 7) is 6.72. The lowest BCUT2D eigenvalue weighted by Gasteiger charge is -2.37. The van der Waals surface area contributed by atoms with Crippen LogP contribution in [0.5, 0.6) is 0 Å². The van der Waals surface area contributed by atoms with Gasteiger partial charge in [-0.05, 0) is 33.8 Å². The number of aliphatic hydroxyl groups is 1. The largest absolute Gasteiger partial charge is 0.388 e. The summed E-state index contributed by atoms with van der Waals surface area (Å²) in [5.74, 6) is -0.370. The predicted molar refractivity (Wildman–Crippen MR) is 68.7 cm³/mol. The van der Waals surface area contributed by atoms with E-state index in [2.05, 4.69) is 10.3 Å². The highest BCUT2D eigenvalue weighted by atomic mass is 35.5. The molecular weight excluding hydrogens is 263 g/mol. The van der Waals surface area contributed by atoms with E-state index in [0.717, 1.165) is 0 Å². The molecule has 1 aromatic rings. The van der Waals surface area contributed by atoms with Crippen LogP contribution in [-0.4, -0.2) is 27.1 Å². The van der Waals surface area contributed by atoms with Crippen LogP contribution in [0.15, 0.2) is 6.07 Å². The molecule has 96 valence electrons. The number of amides is 1. The number of hydrogen-bond donors (Lipinski definition) is 3. The lowest BCUT2D eigenvalue weighted by Crippen LogP contribution is -2.57. The first-order valence-corrected chi connectivity index (χ1v) is 5.89. The first-order valence-electron chi connectivity index (χ1n) is 5.13. The van der Waals surface area contributed by atoms with Crippen molar-refractivity contribution in [2.45, 2.75) is 38.8 Å². The van der Waals surface area contributed by atoms with E-state index in [1.54, 1.807) is 27.7 Å². The van der Waals surface area contributed by atoms with E-state index in [1.807, 2.05) is 0 Å². The van der Waals surface area contributed by atoms with Crippen molar-refractivity contribution in [3.63, 3.8) is 0 Å². The minimum atomic E-state index is -1.05. The van der Waals surface area contributed by atoms with Gasteiger partial charge in [-0.15, -0.1) is 0 Å². The summed E-state index contributed by atoms with van der Waals surface area (Å²) in [6, 6.07) is 1.44. The van der Waals surface area contributed by atoms with Crippen LogP contribution >= 0.6 is 23.2 Å². The van der Waals surface area contributed by atoms with Gasteiger partial charge in [0.05, 0.1) is 16.2 Å². The molecule has 1 amide bonds. The van der Waals surface area contributed by atoms with Crippen molar-refractivity contribution in [3.05, 3.63) is 21.9 Å². The van der Waals surface area contributed by atoms with Gasteiger partial charge in [-0.25, -0.2) is 0 Å². The molecule has 3 N–H and O–H groups in total. The van der Waals surface area contributed by atoms with Gasteiger partial charge in [-0.2, -0.15) is 0 Å². The van der Waals surface area contributed by atoms with E-state index in [1.165, 1.54) is 6.07 Å². The average molecular weight is 279 g/mol. The van der Waals surface area contributed by atoms with Gasteiger partial charge in [0.15, 0.2) is 0 Å². The molecule has 0 spiro atoms. The Balaban J connectivity index is 2.87. The standard InChI is InChI=1S/C11H16Cl2N2O2/c1-10(2,11(3,4)17)15-9(16)7-5-6(12)8(13)14-7/h5,14,17H,1-4H3,(H,15,16). The van der Waals surface area contributed by atoms with Crippen molar-refractivity contribution in [1.82, 2.24) is 10.3 Å². The maximum absolute atomic E-state index is 11.9. The van der Waals surface area contributed by atoms with E-state index in [0.29, 0.717) is 0 Å². The number of aromatic amines is 1. The summed E-state index contributed by atoms with van der Waals surface area (Å²) in [4.78, 5) is 14.6. The highest BCUT2D eigenvalue weighted by Gasteiger charge is 2.36. The zero-order valence-electron chi connectivity index (χ0n) is 10.2. The molecule has 0 unspecified atom stereocenters. The smallest absolute Gasteiger partial charge is 0.268 e. The second kappa shape index (κ2) is 4.52. The van der Waals surface area contributed by atoms with Crippen molar-refractivity contribution in [2.24, 2.45) is 0 Å². The van der Waals surface area contributed by atoms with Crippen molar-refractivity contribution in [3.8, 4) is 0 Å². The topological polar surface area (TPSA) is 65.1 Å². The molecule has 0 aromatic carbocycles. The zero-order chi connectivity index (χ0) is 13.4. The Kier molecular flexibility index (Phi) is 3.81. The van der Waals surface area contributed by atoms with Crippen molar-refractivity contribution in [1.29, 1.82) is 0 Å². The third-order valence-electron chi connectivity index (χ3n) is 2.93. The molecule has 0 aliphatic rings. The van der Waals surface area contributed by atoms with Gasteiger partial charge in [0.1, 0.15) is 10.8 Å². The second-order valence-electron chi connectivity index (χ2n) is 4.98. The van der Waals surface area contributed by atoms with Crippen LogP contribution in [0.2, 0.25) is 10.2 Å². The summed E-state index contributed by atoms with van der Waals surface area (Å²) >= 11 is 11.5. The Hall–Kier alpha value is -0.710. The molecule has 0 saturated carbocycles. The monoisotopic (exact) mass is 278 g/mol. The molecule has 17 heavy (non-hydrogen) atoms. The molecule has 1 aromatic heterocycles. The predicted octanol–water partition coefficient (Wildman–Crippen LogP) is 2.60. The molecule has 0 aliphatic carbocycles. The summed E-state index contributed by atoms with van der Waals surface area (Å²) in [7, 11) is 0. The van der Waals surface area contributed by atoms with Gasteiger partial charge in [-0.3, -0.25) is 4.79 Å². The minimum absolute atomic E-state index is 0.220. The van der Waals surface area contributed by atoms with Crippen LogP contribution in [-0.2, 0) is 0 Å². The van der Waals surface area contributed by atoms with Gasteiger partial charge in [0.2, 0.25) is 0 Å². The highest BCUT2D eigenvalue weighted by Crippen LogP contribution is 2.24. The number of H-pyrrole nitrogens is 1. The molecular formula is C11H16Cl2N2O2. The van der Waals surface area contributed by atoms with Gasteiger partial charge >= 0.3 is 0 Å². The minimum Gasteiger partial charge on any atom is -0.388 e. The van der Waals surface area contributed by atoms with Crippen molar-refractivity contribution >= 4 is 29.1 Å². The SMILES string of the molecule is CC(C)(O)C(C)(C)NC(=O)c1cc(Cl)c(Cl)[nH]1. The fourth-order valence-electron chi connectivity index (χ4n) is 1.03. The maximum atomic E-state index is 11.9. The van der Waals surface area contributed by atoms with E-state index in [-0.39, 0.29) is 21.8 Å². The maximum Gasteiger partial charge on any atom is 0.268 e. The second-order valence-corrected chi connectivity index (χ2v) is 5.77. The summed E-state index contributed by atoms with van der Waals surface area (Å²) in [5, 5.41) is 13.1. The van der Waals surface area contributed by atoms with Crippen LogP contribution in [0.3, 0.4) is 0 Å². The Morgan fingerprint density at radius 3 is 2.24 bits per heavy atom. The lowest BCUT2D eigenvalue weighted by molar-refractivity contribution is -0.00301. The average Bonchev–Trinajstić information content (AvgIpc) is 2.44. The molecule has 4 nitrogen and oxygen atoms in total. The van der Waals surface area contributed by atoms with E-state index >= 15 is 0 Å². The molecule has 0 saturated heterocycles. The van der Waals surface area contributed by atoms with Gasteiger partial charge in [0, 0.05) is 0 Å². The molecule has 0 aliphatic heterocycles. The molecule has 0 bridgehead atoms. The zero-order valence-corrected chi connectivity index (χ0v) is 11.7. The van der Waals surface area contributed by atoms with E-state index in [4.69, 9.17) is 23.2 Å². The number of halogens is 2. The van der Waals surface area contributed by atoms with Gasteiger partial charge < -0.3 is 15.4 Å². The summed E-state index contributed by atoms with van der Waals surface area (Å²) < 4.78 is 0. The number of rotatable bonds is 3. The number of nitrogens with one attached hydrogen (secondary N) is 2. The van der Waals surface area contributed by atoms with Crippen LogP contribution < -0.4 is 5.32 Å². The molecule has 1 heterocycles. The number of carbonyl (C=O) groups excluding carboxylic acids is 1. The summed E-state index contributed by atoms with van der Waals surface area (Å²) in [6.07, 6.45) is 0. The Morgan fingerprint density at radius 1 is 1.35 bits per heavy atom. The first kappa shape index (κ1) is 14.4. The highest BCUT2D eigenvalue weighted by molar-refractivity contribution is 6.41. The normalized spacial score (nSPS) is 12.6. The van der Waals surface area contributed by atoms with E-state index in [9.17, 15) is 9.90 Å². The van der Waals surface area contributed by atoms with Crippen LogP contribution in [0, 0.1) is 0 Å². The molecule has 0 atom stereocenters. The lowest BCUT2D eigenvalue weighted by atomic mass is 9.86. The Morgan fingerprint density at radius 2 is 1.88 bits per heavy atom. The Labute approximate surface area is 110 Å². The van der Waals surface area contributed by atoms with Crippen LogP contribution in [0.25, 0.3) is 0 Å². The number of aromatic nitrogens is 1. The number of hydrogen-bond acceptors (Lipinski definition) is 2. The fraction of sp³-hybridized carbons (Fsp3) is 0.545. The molecule has 6 heteroatoms. The van der Waals surface area contributed by atoms with Gasteiger partial charge in [-0.1, -0.05) is 23.2 Å². The van der Waals surface area contributed by atoms with E-state index < -0.39 is 11.1 Å². The first-order chi connectivity index (χ1) is 7.54. The molecule has 0 fully saturated rings. The van der Waals surface area contributed by atoms with Crippen LogP contribution in [0.1, 0.15) is 38.2 Å². The van der Waals surface area contributed by atoms with Crippen LogP contribution in [0.4, 0.5) is 0 Å². The van der Waals surface area contributed by atoms with Crippen molar-refractivity contribution in [2.75, 3.05) is 0 Å². The quantitative estimate of drug-likeness (QED) is 0.796. The third kappa shape index (κ3) is 3.15. The fourth-order valence-corrected chi connectivity index (χ4v) is 1.34. The summed E-state index contributed by atoms with van der Waals surface area (Å²) in [5.41, 5.74) is -1.57. The Bertz CT molecular complexity index is 414. The van der Waals surface area contributed by atoms with Gasteiger partial charge in [0.25, 0.3) is 5.91 Å².